The summed E-state index contributed by atoms with van der Waals surface area (Å²) in [6, 6.07) is 7.97. The first-order valence-corrected chi connectivity index (χ1v) is 13.3. The third-order valence-electron chi connectivity index (χ3n) is 4.91. The van der Waals surface area contributed by atoms with Crippen molar-refractivity contribution in [3.05, 3.63) is 42.0 Å². The molecule has 0 bridgehead atoms. The molecule has 32 heavy (non-hydrogen) atoms. The lowest BCUT2D eigenvalue weighted by atomic mass is 10.1. The predicted octanol–water partition coefficient (Wildman–Crippen LogP) is 0.342. The van der Waals surface area contributed by atoms with Crippen LogP contribution in [-0.2, 0) is 29.6 Å². The number of carbonyl (C=O) groups excluding carboxylic acids is 2. The Kier molecular flexibility index (Phi) is 7.02. The van der Waals surface area contributed by atoms with E-state index in [0.717, 1.165) is 26.2 Å². The van der Waals surface area contributed by atoms with Crippen LogP contribution >= 0.6 is 11.3 Å². The molecular weight excluding hydrogens is 482 g/mol. The van der Waals surface area contributed by atoms with Crippen LogP contribution in [0.1, 0.15) is 10.4 Å². The van der Waals surface area contributed by atoms with E-state index in [2.05, 4.69) is 4.74 Å². The van der Waals surface area contributed by atoms with Crippen molar-refractivity contribution in [2.75, 3.05) is 33.0 Å². The largest absolute Gasteiger partial charge is 0.465 e. The van der Waals surface area contributed by atoms with Crippen molar-refractivity contribution in [2.45, 2.75) is 10.3 Å². The number of nitrogens with zero attached hydrogens (tertiary/aromatic N) is 2. The SMILES string of the molecule is COC(=O)c1ccc(-c2ccc(S(=O)(=O)N3CCN(S(C)(=O)=O)C[C@@H]3C(=O)NO)s2)cc1. The van der Waals surface area contributed by atoms with Crippen LogP contribution in [0.5, 0.6) is 0 Å². The summed E-state index contributed by atoms with van der Waals surface area (Å²) in [6.07, 6.45) is 0.960. The van der Waals surface area contributed by atoms with Crippen molar-refractivity contribution in [3.8, 4) is 10.4 Å². The Labute approximate surface area is 189 Å². The van der Waals surface area contributed by atoms with E-state index in [1.165, 1.54) is 18.7 Å². The van der Waals surface area contributed by atoms with Gasteiger partial charge in [0.05, 0.1) is 18.9 Å². The minimum absolute atomic E-state index is 0.0481. The number of hydroxylamine groups is 1. The van der Waals surface area contributed by atoms with Crippen LogP contribution in [0.3, 0.4) is 0 Å². The van der Waals surface area contributed by atoms with Crippen LogP contribution in [0.2, 0.25) is 0 Å². The molecule has 1 aromatic carbocycles. The summed E-state index contributed by atoms with van der Waals surface area (Å²) in [5.41, 5.74) is 2.44. The summed E-state index contributed by atoms with van der Waals surface area (Å²) in [7, 11) is -6.55. The number of amides is 1. The zero-order valence-electron chi connectivity index (χ0n) is 17.1. The molecular formula is C18H21N3O8S3. The Balaban J connectivity index is 1.90. The van der Waals surface area contributed by atoms with Gasteiger partial charge >= 0.3 is 5.97 Å². The highest BCUT2D eigenvalue weighted by Gasteiger charge is 2.42. The lowest BCUT2D eigenvalue weighted by molar-refractivity contribution is -0.134. The fourth-order valence-corrected chi connectivity index (χ4v) is 7.07. The molecule has 2 aromatic rings. The van der Waals surface area contributed by atoms with Gasteiger partial charge in [-0.1, -0.05) is 12.1 Å². The van der Waals surface area contributed by atoms with E-state index in [1.54, 1.807) is 30.3 Å². The molecule has 14 heteroatoms. The van der Waals surface area contributed by atoms with E-state index in [4.69, 9.17) is 5.21 Å². The Morgan fingerprint density at radius 3 is 2.31 bits per heavy atom. The number of piperazine rings is 1. The number of carbonyl (C=O) groups is 2. The van der Waals surface area contributed by atoms with Gasteiger partial charge in [-0.3, -0.25) is 10.0 Å². The normalized spacial score (nSPS) is 18.3. The van der Waals surface area contributed by atoms with Crippen molar-refractivity contribution < 1.29 is 36.4 Å². The summed E-state index contributed by atoms with van der Waals surface area (Å²) in [6.45, 7) is -0.799. The minimum Gasteiger partial charge on any atom is -0.465 e. The highest BCUT2D eigenvalue weighted by atomic mass is 32.2. The molecule has 2 heterocycles. The van der Waals surface area contributed by atoms with E-state index >= 15 is 0 Å². The van der Waals surface area contributed by atoms with Gasteiger partial charge in [-0.25, -0.2) is 27.1 Å². The molecule has 3 rings (SSSR count). The molecule has 0 spiro atoms. The summed E-state index contributed by atoms with van der Waals surface area (Å²) in [5.74, 6) is -1.52. The van der Waals surface area contributed by atoms with Gasteiger partial charge in [0.1, 0.15) is 10.3 Å². The van der Waals surface area contributed by atoms with Gasteiger partial charge in [0.25, 0.3) is 15.9 Å². The fraction of sp³-hybridized carbons (Fsp3) is 0.333. The maximum atomic E-state index is 13.2. The molecule has 1 atom stereocenters. The van der Waals surface area contributed by atoms with Crippen molar-refractivity contribution in [1.29, 1.82) is 0 Å². The second-order valence-electron chi connectivity index (χ2n) is 6.92. The molecule has 0 unspecified atom stereocenters. The van der Waals surface area contributed by atoms with Crippen molar-refractivity contribution in [3.63, 3.8) is 0 Å². The Hall–Kier alpha value is -2.36. The first-order valence-electron chi connectivity index (χ1n) is 9.18. The van der Waals surface area contributed by atoms with E-state index in [9.17, 15) is 26.4 Å². The monoisotopic (exact) mass is 503 g/mol. The molecule has 0 radical (unpaired) electrons. The smallest absolute Gasteiger partial charge is 0.337 e. The highest BCUT2D eigenvalue weighted by Crippen LogP contribution is 2.34. The van der Waals surface area contributed by atoms with Crippen LogP contribution in [0, 0.1) is 0 Å². The molecule has 174 valence electrons. The first kappa shape index (κ1) is 24.3. The number of sulfonamides is 2. The molecule has 1 saturated heterocycles. The minimum atomic E-state index is -4.16. The van der Waals surface area contributed by atoms with Gasteiger partial charge in [0, 0.05) is 24.5 Å². The maximum absolute atomic E-state index is 13.2. The Morgan fingerprint density at radius 2 is 1.75 bits per heavy atom. The van der Waals surface area contributed by atoms with Gasteiger partial charge in [-0.2, -0.15) is 8.61 Å². The van der Waals surface area contributed by atoms with Crippen LogP contribution in [-0.4, -0.2) is 81.6 Å². The second kappa shape index (κ2) is 9.25. The number of nitrogens with one attached hydrogen (secondary N) is 1. The molecule has 2 N–H and O–H groups in total. The van der Waals surface area contributed by atoms with E-state index in [1.807, 2.05) is 0 Å². The molecule has 1 aliphatic rings. The van der Waals surface area contributed by atoms with E-state index < -0.39 is 44.5 Å². The van der Waals surface area contributed by atoms with Gasteiger partial charge in [-0.15, -0.1) is 11.3 Å². The number of ether oxygens (including phenoxy) is 1. The van der Waals surface area contributed by atoms with Gasteiger partial charge in [-0.05, 0) is 29.8 Å². The first-order chi connectivity index (χ1) is 15.0. The van der Waals surface area contributed by atoms with Crippen molar-refractivity contribution >= 4 is 43.3 Å². The Morgan fingerprint density at radius 1 is 1.09 bits per heavy atom. The number of hydrogen-bond donors (Lipinski definition) is 2. The quantitative estimate of drug-likeness (QED) is 0.325. The third-order valence-corrected chi connectivity index (χ3v) is 9.69. The average Bonchev–Trinajstić information content (AvgIpc) is 3.28. The van der Waals surface area contributed by atoms with E-state index in [-0.39, 0.29) is 17.3 Å². The lowest BCUT2D eigenvalue weighted by Gasteiger charge is -2.37. The topological polar surface area (TPSA) is 150 Å². The van der Waals surface area contributed by atoms with Crippen LogP contribution in [0.15, 0.2) is 40.6 Å². The molecule has 1 amide bonds. The van der Waals surface area contributed by atoms with Crippen molar-refractivity contribution in [2.24, 2.45) is 0 Å². The molecule has 1 aliphatic heterocycles. The molecule has 0 saturated carbocycles. The fourth-order valence-electron chi connectivity index (χ4n) is 3.24. The number of thiophene rings is 1. The highest BCUT2D eigenvalue weighted by molar-refractivity contribution is 7.91. The zero-order chi connectivity index (χ0) is 23.7. The van der Waals surface area contributed by atoms with Crippen LogP contribution in [0.4, 0.5) is 0 Å². The van der Waals surface area contributed by atoms with Gasteiger partial charge in [0.15, 0.2) is 0 Å². The molecule has 1 fully saturated rings. The average molecular weight is 504 g/mol. The summed E-state index contributed by atoms with van der Waals surface area (Å²) >= 11 is 0.962. The van der Waals surface area contributed by atoms with Crippen molar-refractivity contribution in [1.82, 2.24) is 14.1 Å². The zero-order valence-corrected chi connectivity index (χ0v) is 19.5. The predicted molar refractivity (Wildman–Crippen MR) is 115 cm³/mol. The van der Waals surface area contributed by atoms with Gasteiger partial charge in [0.2, 0.25) is 10.0 Å². The number of methoxy groups -OCH3 is 1. The molecule has 0 aliphatic carbocycles. The second-order valence-corrected chi connectivity index (χ2v) is 12.1. The molecule has 11 nitrogen and oxygen atoms in total. The summed E-state index contributed by atoms with van der Waals surface area (Å²) in [4.78, 5) is 24.3. The van der Waals surface area contributed by atoms with Crippen LogP contribution < -0.4 is 5.48 Å². The molecule has 1 aromatic heterocycles. The Bertz CT molecular complexity index is 1220. The van der Waals surface area contributed by atoms with Crippen LogP contribution in [0.25, 0.3) is 10.4 Å². The van der Waals surface area contributed by atoms with E-state index in [0.29, 0.717) is 16.0 Å². The summed E-state index contributed by atoms with van der Waals surface area (Å²) in [5, 5.41) is 9.04. The maximum Gasteiger partial charge on any atom is 0.337 e. The summed E-state index contributed by atoms with van der Waals surface area (Å²) < 4.78 is 56.7. The lowest BCUT2D eigenvalue weighted by Crippen LogP contribution is -2.60. The van der Waals surface area contributed by atoms with Gasteiger partial charge < -0.3 is 4.74 Å². The number of hydrogen-bond acceptors (Lipinski definition) is 9. The number of benzene rings is 1. The number of esters is 1. The third kappa shape index (κ3) is 4.84. The number of rotatable bonds is 6. The standard InChI is InChI=1S/C18H21N3O8S3/c1-29-18(23)13-5-3-12(4-6-13)15-7-8-16(30-15)32(27,28)21-10-9-20(31(2,25)26)11-14(21)17(22)19-24/h3-8,14,24H,9-11H2,1-2H3,(H,19,22)/t14-/m1/s1.